The Labute approximate surface area is 130 Å². The second-order valence-corrected chi connectivity index (χ2v) is 5.50. The van der Waals surface area contributed by atoms with Gasteiger partial charge in [0.2, 0.25) is 0 Å². The number of nitrogens with one attached hydrogen (secondary N) is 1. The highest BCUT2D eigenvalue weighted by Crippen LogP contribution is 2.31. The van der Waals surface area contributed by atoms with E-state index in [0.29, 0.717) is 12.5 Å². The Hall–Kier alpha value is -2.30. The first-order chi connectivity index (χ1) is 10.8. The fraction of sp³-hybridized carbons (Fsp3) is 0.412. The monoisotopic (exact) mass is 299 g/mol. The highest BCUT2D eigenvalue weighted by molar-refractivity contribution is 5.42. The van der Waals surface area contributed by atoms with Crippen LogP contribution in [0.5, 0.6) is 11.5 Å². The van der Waals surface area contributed by atoms with Crippen molar-refractivity contribution in [3.8, 4) is 11.5 Å². The van der Waals surface area contributed by atoms with Crippen LogP contribution < -0.4 is 14.8 Å². The zero-order chi connectivity index (χ0) is 15.4. The van der Waals surface area contributed by atoms with Gasteiger partial charge in [-0.3, -0.25) is 0 Å². The van der Waals surface area contributed by atoms with Crippen molar-refractivity contribution in [3.05, 3.63) is 41.6 Å². The van der Waals surface area contributed by atoms with Gasteiger partial charge < -0.3 is 14.8 Å². The molecule has 0 fully saturated rings. The second kappa shape index (κ2) is 6.64. The molecule has 0 aliphatic carbocycles. The van der Waals surface area contributed by atoms with E-state index in [-0.39, 0.29) is 0 Å². The Balaban J connectivity index is 1.64. The molecule has 0 radical (unpaired) electrons. The lowest BCUT2D eigenvalue weighted by atomic mass is 9.92. The van der Waals surface area contributed by atoms with Crippen molar-refractivity contribution >= 4 is 5.82 Å². The summed E-state index contributed by atoms with van der Waals surface area (Å²) >= 11 is 0. The summed E-state index contributed by atoms with van der Waals surface area (Å²) in [5, 5.41) is 11.6. The van der Waals surface area contributed by atoms with Gasteiger partial charge in [-0.2, -0.15) is 5.10 Å². The van der Waals surface area contributed by atoms with Crippen LogP contribution in [0.3, 0.4) is 0 Å². The van der Waals surface area contributed by atoms with Gasteiger partial charge in [-0.1, -0.05) is 6.07 Å². The molecular formula is C17H21N3O2. The first-order valence-corrected chi connectivity index (χ1v) is 7.64. The second-order valence-electron chi connectivity index (χ2n) is 5.50. The third-order valence-electron chi connectivity index (χ3n) is 3.83. The van der Waals surface area contributed by atoms with E-state index in [0.717, 1.165) is 42.4 Å². The predicted molar refractivity (Wildman–Crippen MR) is 85.6 cm³/mol. The topological polar surface area (TPSA) is 56.3 Å². The number of anilines is 1. The molecule has 5 heteroatoms. The van der Waals surface area contributed by atoms with Crippen LogP contribution in [0, 0.1) is 5.92 Å². The standard InChI is InChI=1S/C17H21N3O2/c1-3-18-17-7-5-14(19-20-17)9-12-8-13-4-6-15(21-2)10-16(13)22-11-12/h4-7,10,12H,3,8-9,11H2,1-2H3,(H,18,20). The molecule has 1 aromatic carbocycles. The number of hydrogen-bond acceptors (Lipinski definition) is 5. The zero-order valence-corrected chi connectivity index (χ0v) is 13.0. The van der Waals surface area contributed by atoms with Crippen molar-refractivity contribution in [2.75, 3.05) is 25.6 Å². The van der Waals surface area contributed by atoms with Crippen LogP contribution in [0.2, 0.25) is 0 Å². The minimum absolute atomic E-state index is 0.431. The summed E-state index contributed by atoms with van der Waals surface area (Å²) in [4.78, 5) is 0. The molecular weight excluding hydrogens is 278 g/mol. The number of methoxy groups -OCH3 is 1. The molecule has 116 valence electrons. The van der Waals surface area contributed by atoms with Crippen LogP contribution in [0.15, 0.2) is 30.3 Å². The fourth-order valence-corrected chi connectivity index (χ4v) is 2.71. The van der Waals surface area contributed by atoms with E-state index in [2.05, 4.69) is 21.6 Å². The minimum atomic E-state index is 0.431. The van der Waals surface area contributed by atoms with Crippen molar-refractivity contribution < 1.29 is 9.47 Å². The maximum Gasteiger partial charge on any atom is 0.148 e. The highest BCUT2D eigenvalue weighted by Gasteiger charge is 2.21. The molecule has 0 spiro atoms. The summed E-state index contributed by atoms with van der Waals surface area (Å²) in [6.45, 7) is 3.60. The number of rotatable bonds is 5. The normalized spacial score (nSPS) is 16.5. The molecule has 0 bridgehead atoms. The van der Waals surface area contributed by atoms with E-state index >= 15 is 0 Å². The average molecular weight is 299 g/mol. The van der Waals surface area contributed by atoms with Crippen molar-refractivity contribution in [2.24, 2.45) is 5.92 Å². The smallest absolute Gasteiger partial charge is 0.148 e. The van der Waals surface area contributed by atoms with E-state index in [1.54, 1.807) is 7.11 Å². The SMILES string of the molecule is CCNc1ccc(CC2COc3cc(OC)ccc3C2)nn1. The molecule has 1 aliphatic heterocycles. The first-order valence-electron chi connectivity index (χ1n) is 7.64. The van der Waals surface area contributed by atoms with Gasteiger partial charge in [-0.15, -0.1) is 5.10 Å². The molecule has 22 heavy (non-hydrogen) atoms. The third kappa shape index (κ3) is 3.30. The van der Waals surface area contributed by atoms with Crippen LogP contribution in [-0.2, 0) is 12.8 Å². The maximum absolute atomic E-state index is 5.87. The number of aromatic nitrogens is 2. The van der Waals surface area contributed by atoms with Gasteiger partial charge in [-0.05, 0) is 43.5 Å². The average Bonchev–Trinajstić information content (AvgIpc) is 2.56. The molecule has 1 unspecified atom stereocenters. The van der Waals surface area contributed by atoms with Crippen LogP contribution in [-0.4, -0.2) is 30.5 Å². The fourth-order valence-electron chi connectivity index (χ4n) is 2.71. The lowest BCUT2D eigenvalue weighted by molar-refractivity contribution is 0.219. The quantitative estimate of drug-likeness (QED) is 0.920. The van der Waals surface area contributed by atoms with Gasteiger partial charge in [0.05, 0.1) is 19.4 Å². The Kier molecular flexibility index (Phi) is 4.42. The molecule has 1 aliphatic rings. The number of fused-ring (bicyclic) bond motifs is 1. The summed E-state index contributed by atoms with van der Waals surface area (Å²) in [5.41, 5.74) is 2.24. The molecule has 0 saturated carbocycles. The van der Waals surface area contributed by atoms with Gasteiger partial charge >= 0.3 is 0 Å². The number of nitrogens with zero attached hydrogens (tertiary/aromatic N) is 2. The predicted octanol–water partition coefficient (Wildman–Crippen LogP) is 2.71. The summed E-state index contributed by atoms with van der Waals surface area (Å²) in [6, 6.07) is 10.0. The zero-order valence-electron chi connectivity index (χ0n) is 13.0. The highest BCUT2D eigenvalue weighted by atomic mass is 16.5. The van der Waals surface area contributed by atoms with Crippen LogP contribution in [0.4, 0.5) is 5.82 Å². The van der Waals surface area contributed by atoms with Gasteiger partial charge in [0.25, 0.3) is 0 Å². The van der Waals surface area contributed by atoms with Gasteiger partial charge in [0, 0.05) is 18.5 Å². The van der Waals surface area contributed by atoms with Crippen LogP contribution in [0.25, 0.3) is 0 Å². The van der Waals surface area contributed by atoms with Gasteiger partial charge in [0.1, 0.15) is 17.3 Å². The van der Waals surface area contributed by atoms with E-state index in [1.165, 1.54) is 5.56 Å². The molecule has 0 saturated heterocycles. The molecule has 3 rings (SSSR count). The molecule has 5 nitrogen and oxygen atoms in total. The van der Waals surface area contributed by atoms with Gasteiger partial charge in [0.15, 0.2) is 0 Å². The van der Waals surface area contributed by atoms with Crippen LogP contribution >= 0.6 is 0 Å². The maximum atomic E-state index is 5.87. The largest absolute Gasteiger partial charge is 0.497 e. The van der Waals surface area contributed by atoms with Crippen molar-refractivity contribution in [1.82, 2.24) is 10.2 Å². The number of hydrogen-bond donors (Lipinski definition) is 1. The number of benzene rings is 1. The molecule has 1 N–H and O–H groups in total. The number of ether oxygens (including phenoxy) is 2. The van der Waals surface area contributed by atoms with Crippen molar-refractivity contribution in [1.29, 1.82) is 0 Å². The summed E-state index contributed by atoms with van der Waals surface area (Å²) in [5.74, 6) is 3.02. The summed E-state index contributed by atoms with van der Waals surface area (Å²) in [6.07, 6.45) is 1.88. The lowest BCUT2D eigenvalue weighted by Gasteiger charge is -2.25. The molecule has 0 amide bonds. The van der Waals surface area contributed by atoms with Crippen molar-refractivity contribution in [2.45, 2.75) is 19.8 Å². The van der Waals surface area contributed by atoms with E-state index in [1.807, 2.05) is 31.2 Å². The first kappa shape index (κ1) is 14.6. The lowest BCUT2D eigenvalue weighted by Crippen LogP contribution is -2.23. The Bertz CT molecular complexity index is 628. The minimum Gasteiger partial charge on any atom is -0.497 e. The van der Waals surface area contributed by atoms with Crippen molar-refractivity contribution in [3.63, 3.8) is 0 Å². The van der Waals surface area contributed by atoms with E-state index in [4.69, 9.17) is 9.47 Å². The summed E-state index contributed by atoms with van der Waals surface area (Å²) < 4.78 is 11.1. The van der Waals surface area contributed by atoms with Gasteiger partial charge in [-0.25, -0.2) is 0 Å². The molecule has 1 aromatic heterocycles. The Morgan fingerprint density at radius 1 is 1.27 bits per heavy atom. The van der Waals surface area contributed by atoms with E-state index < -0.39 is 0 Å². The Morgan fingerprint density at radius 2 is 2.18 bits per heavy atom. The third-order valence-corrected chi connectivity index (χ3v) is 3.83. The summed E-state index contributed by atoms with van der Waals surface area (Å²) in [7, 11) is 1.67. The van der Waals surface area contributed by atoms with E-state index in [9.17, 15) is 0 Å². The molecule has 2 heterocycles. The molecule has 1 atom stereocenters. The van der Waals surface area contributed by atoms with Crippen LogP contribution in [0.1, 0.15) is 18.2 Å². The Morgan fingerprint density at radius 3 is 2.91 bits per heavy atom. The molecule has 2 aromatic rings.